The average Bonchev–Trinajstić information content (AvgIpc) is 2.72. The number of piperazine rings is 1. The number of nitrogens with zero attached hydrogens (tertiary/aromatic N) is 2. The van der Waals surface area contributed by atoms with Crippen molar-refractivity contribution in [2.45, 2.75) is 12.8 Å². The van der Waals surface area contributed by atoms with Crippen LogP contribution in [-0.4, -0.2) is 58.3 Å². The Labute approximate surface area is 167 Å². The molecule has 0 aromatic heterocycles. The van der Waals surface area contributed by atoms with E-state index in [0.717, 1.165) is 44.7 Å². The van der Waals surface area contributed by atoms with E-state index in [1.54, 1.807) is 6.07 Å². The predicted octanol–water partition coefficient (Wildman–Crippen LogP) is 2.50. The van der Waals surface area contributed by atoms with E-state index in [1.165, 1.54) is 6.07 Å². The molecule has 1 fully saturated rings. The number of halogens is 1. The Bertz CT molecular complexity index is 838. The molecule has 7 heteroatoms. The van der Waals surface area contributed by atoms with E-state index in [2.05, 4.69) is 14.5 Å². The number of sulfonamides is 1. The molecule has 0 aliphatic carbocycles. The number of para-hydroxylation sites is 1. The Morgan fingerprint density at radius 2 is 1.61 bits per heavy atom. The molecule has 28 heavy (non-hydrogen) atoms. The maximum atomic E-state index is 13.9. The number of hydrogen-bond acceptors (Lipinski definition) is 4. The van der Waals surface area contributed by atoms with Gasteiger partial charge in [0.2, 0.25) is 10.0 Å². The molecule has 5 nitrogen and oxygen atoms in total. The highest BCUT2D eigenvalue weighted by Crippen LogP contribution is 2.20. The van der Waals surface area contributed by atoms with Crippen LogP contribution in [0.5, 0.6) is 0 Å². The first kappa shape index (κ1) is 20.8. The van der Waals surface area contributed by atoms with Crippen molar-refractivity contribution in [1.82, 2.24) is 9.62 Å². The van der Waals surface area contributed by atoms with Crippen LogP contribution in [0, 0.1) is 5.82 Å². The third kappa shape index (κ3) is 6.29. The normalized spacial score (nSPS) is 15.7. The summed E-state index contributed by atoms with van der Waals surface area (Å²) in [7, 11) is -3.25. The summed E-state index contributed by atoms with van der Waals surface area (Å²) in [5, 5.41) is 0. The van der Waals surface area contributed by atoms with E-state index in [4.69, 9.17) is 0 Å². The van der Waals surface area contributed by atoms with Crippen molar-refractivity contribution in [3.8, 4) is 0 Å². The molecule has 2 aromatic rings. The number of benzene rings is 2. The van der Waals surface area contributed by atoms with Crippen LogP contribution in [0.15, 0.2) is 54.6 Å². The van der Waals surface area contributed by atoms with Crippen molar-refractivity contribution < 1.29 is 12.8 Å². The molecule has 0 amide bonds. The number of aryl methyl sites for hydroxylation is 1. The largest absolute Gasteiger partial charge is 0.367 e. The zero-order valence-electron chi connectivity index (χ0n) is 16.1. The summed E-state index contributed by atoms with van der Waals surface area (Å²) in [6, 6.07) is 16.5. The van der Waals surface area contributed by atoms with Crippen LogP contribution in [0.2, 0.25) is 0 Å². The maximum Gasteiger partial charge on any atom is 0.211 e. The minimum Gasteiger partial charge on any atom is -0.367 e. The van der Waals surface area contributed by atoms with Gasteiger partial charge in [0.05, 0.1) is 11.4 Å². The minimum absolute atomic E-state index is 0.109. The van der Waals surface area contributed by atoms with Crippen molar-refractivity contribution in [3.63, 3.8) is 0 Å². The zero-order valence-corrected chi connectivity index (χ0v) is 16.9. The van der Waals surface area contributed by atoms with Crippen molar-refractivity contribution >= 4 is 15.7 Å². The minimum atomic E-state index is -3.25. The first-order valence-electron chi connectivity index (χ1n) is 9.77. The van der Waals surface area contributed by atoms with Gasteiger partial charge in [0.25, 0.3) is 0 Å². The second kappa shape index (κ2) is 10.0. The van der Waals surface area contributed by atoms with E-state index < -0.39 is 10.0 Å². The molecule has 0 spiro atoms. The van der Waals surface area contributed by atoms with Gasteiger partial charge in [0, 0.05) is 32.7 Å². The van der Waals surface area contributed by atoms with Crippen molar-refractivity contribution in [2.75, 3.05) is 49.9 Å². The average molecular weight is 406 g/mol. The van der Waals surface area contributed by atoms with Crippen molar-refractivity contribution in [1.29, 1.82) is 0 Å². The monoisotopic (exact) mass is 405 g/mol. The number of hydrogen-bond donors (Lipinski definition) is 1. The van der Waals surface area contributed by atoms with Crippen molar-refractivity contribution in [3.05, 3.63) is 66.0 Å². The molecule has 0 bridgehead atoms. The summed E-state index contributed by atoms with van der Waals surface area (Å²) in [6.07, 6.45) is 1.29. The second-order valence-electron chi connectivity index (χ2n) is 7.08. The summed E-state index contributed by atoms with van der Waals surface area (Å²) >= 11 is 0. The number of rotatable bonds is 9. The van der Waals surface area contributed by atoms with E-state index in [0.29, 0.717) is 18.7 Å². The second-order valence-corrected chi connectivity index (χ2v) is 9.01. The zero-order chi connectivity index (χ0) is 19.8. The van der Waals surface area contributed by atoms with Crippen LogP contribution in [0.3, 0.4) is 0 Å². The van der Waals surface area contributed by atoms with Gasteiger partial charge in [-0.05, 0) is 37.1 Å². The third-order valence-corrected chi connectivity index (χ3v) is 6.43. The smallest absolute Gasteiger partial charge is 0.211 e. The van der Waals surface area contributed by atoms with Crippen LogP contribution >= 0.6 is 0 Å². The molecule has 1 saturated heterocycles. The van der Waals surface area contributed by atoms with Crippen molar-refractivity contribution in [2.24, 2.45) is 0 Å². The van der Waals surface area contributed by atoms with E-state index >= 15 is 0 Å². The standard InChI is InChI=1S/C21H28FN3O2S/c22-20-9-4-5-10-21(20)25-16-14-24(15-17-25)13-6-12-23-28(26,27)18-11-19-7-2-1-3-8-19/h1-5,7-10,23H,6,11-18H2. The topological polar surface area (TPSA) is 52.7 Å². The third-order valence-electron chi connectivity index (χ3n) is 5.04. The quantitative estimate of drug-likeness (QED) is 0.652. The Morgan fingerprint density at radius 1 is 0.929 bits per heavy atom. The van der Waals surface area contributed by atoms with Crippen LogP contribution in [0.4, 0.5) is 10.1 Å². The molecule has 0 unspecified atom stereocenters. The summed E-state index contributed by atoms with van der Waals surface area (Å²) in [4.78, 5) is 4.37. The summed E-state index contributed by atoms with van der Waals surface area (Å²) in [5.41, 5.74) is 1.69. The van der Waals surface area contributed by atoms with Gasteiger partial charge in [0.1, 0.15) is 5.82 Å². The SMILES string of the molecule is O=S(=O)(CCc1ccccc1)NCCCN1CCN(c2ccccc2F)CC1. The highest BCUT2D eigenvalue weighted by molar-refractivity contribution is 7.89. The highest BCUT2D eigenvalue weighted by Gasteiger charge is 2.19. The maximum absolute atomic E-state index is 13.9. The fourth-order valence-corrected chi connectivity index (χ4v) is 4.52. The highest BCUT2D eigenvalue weighted by atomic mass is 32.2. The van der Waals surface area contributed by atoms with E-state index in [9.17, 15) is 12.8 Å². The van der Waals surface area contributed by atoms with Gasteiger partial charge in [0.15, 0.2) is 0 Å². The Kier molecular flexibility index (Phi) is 7.42. The van der Waals surface area contributed by atoms with Gasteiger partial charge >= 0.3 is 0 Å². The van der Waals surface area contributed by atoms with Gasteiger partial charge in [-0.2, -0.15) is 0 Å². The first-order valence-corrected chi connectivity index (χ1v) is 11.4. The number of nitrogens with one attached hydrogen (secondary N) is 1. The van der Waals surface area contributed by atoms with Crippen LogP contribution in [0.25, 0.3) is 0 Å². The van der Waals surface area contributed by atoms with E-state index in [1.807, 2.05) is 42.5 Å². The summed E-state index contributed by atoms with van der Waals surface area (Å²) < 4.78 is 40.8. The number of anilines is 1. The fourth-order valence-electron chi connectivity index (χ4n) is 3.42. The summed E-state index contributed by atoms with van der Waals surface area (Å²) in [6.45, 7) is 4.56. The van der Waals surface area contributed by atoms with Crippen LogP contribution in [-0.2, 0) is 16.4 Å². The van der Waals surface area contributed by atoms with Gasteiger partial charge in [-0.15, -0.1) is 0 Å². The Morgan fingerprint density at radius 3 is 2.32 bits per heavy atom. The molecule has 152 valence electrons. The molecule has 0 saturated carbocycles. The molecule has 0 radical (unpaired) electrons. The molecule has 1 aliphatic heterocycles. The fraction of sp³-hybridized carbons (Fsp3) is 0.429. The Balaban J connectivity index is 1.33. The lowest BCUT2D eigenvalue weighted by Crippen LogP contribution is -2.47. The van der Waals surface area contributed by atoms with Gasteiger partial charge in [-0.25, -0.2) is 17.5 Å². The van der Waals surface area contributed by atoms with Gasteiger partial charge < -0.3 is 4.90 Å². The van der Waals surface area contributed by atoms with Gasteiger partial charge in [-0.1, -0.05) is 42.5 Å². The van der Waals surface area contributed by atoms with Crippen LogP contribution < -0.4 is 9.62 Å². The molecule has 1 aliphatic rings. The Hall–Kier alpha value is -1.96. The van der Waals surface area contributed by atoms with E-state index in [-0.39, 0.29) is 11.6 Å². The lowest BCUT2D eigenvalue weighted by molar-refractivity contribution is 0.255. The molecular formula is C21H28FN3O2S. The molecule has 1 N–H and O–H groups in total. The molecular weight excluding hydrogens is 377 g/mol. The predicted molar refractivity (Wildman–Crippen MR) is 112 cm³/mol. The van der Waals surface area contributed by atoms with Crippen LogP contribution in [0.1, 0.15) is 12.0 Å². The molecule has 0 atom stereocenters. The lowest BCUT2D eigenvalue weighted by Gasteiger charge is -2.36. The molecule has 2 aromatic carbocycles. The molecule has 3 rings (SSSR count). The summed E-state index contributed by atoms with van der Waals surface area (Å²) in [5.74, 6) is -0.0703. The lowest BCUT2D eigenvalue weighted by atomic mass is 10.2. The first-order chi connectivity index (χ1) is 13.5. The van der Waals surface area contributed by atoms with Gasteiger partial charge in [-0.3, -0.25) is 4.90 Å². The molecule has 1 heterocycles.